The Morgan fingerprint density at radius 2 is 2.27 bits per heavy atom. The third-order valence-electron chi connectivity index (χ3n) is 2.72. The molecule has 0 spiro atoms. The second kappa shape index (κ2) is 3.88. The van der Waals surface area contributed by atoms with Crippen molar-refractivity contribution < 1.29 is 9.47 Å². The molecule has 0 N–H and O–H groups in total. The molecule has 0 saturated carbocycles. The Kier molecular flexibility index (Phi) is 2.87. The van der Waals surface area contributed by atoms with Crippen LogP contribution < -0.4 is 0 Å². The van der Waals surface area contributed by atoms with Gasteiger partial charge in [-0.05, 0) is 35.8 Å². The summed E-state index contributed by atoms with van der Waals surface area (Å²) < 4.78 is 13.6. The Bertz CT molecular complexity index is 353. The lowest BCUT2D eigenvalue weighted by molar-refractivity contribution is -0.206. The van der Waals surface area contributed by atoms with Crippen LogP contribution in [0.1, 0.15) is 25.6 Å². The lowest BCUT2D eigenvalue weighted by Gasteiger charge is -2.40. The molecule has 5 heteroatoms. The van der Waals surface area contributed by atoms with E-state index < -0.39 is 0 Å². The molecule has 1 aromatic rings. The van der Waals surface area contributed by atoms with Crippen molar-refractivity contribution in [2.24, 2.45) is 0 Å². The summed E-state index contributed by atoms with van der Waals surface area (Å²) in [5.41, 5.74) is 0.779. The van der Waals surface area contributed by atoms with Gasteiger partial charge in [-0.2, -0.15) is 5.10 Å². The Hall–Kier alpha value is -0.390. The molecule has 0 atom stereocenters. The molecule has 0 amide bonds. The zero-order valence-corrected chi connectivity index (χ0v) is 10.7. The number of aromatic nitrogens is 2. The zero-order valence-electron chi connectivity index (χ0n) is 9.16. The molecule has 15 heavy (non-hydrogen) atoms. The third-order valence-corrected chi connectivity index (χ3v) is 3.11. The molecule has 0 aliphatic carbocycles. The van der Waals surface area contributed by atoms with E-state index in [1.54, 1.807) is 7.11 Å². The molecular formula is C10H15BrN2O2. The summed E-state index contributed by atoms with van der Waals surface area (Å²) in [6.07, 6.45) is 0. The van der Waals surface area contributed by atoms with E-state index >= 15 is 0 Å². The van der Waals surface area contributed by atoms with Crippen LogP contribution in [0.25, 0.3) is 0 Å². The van der Waals surface area contributed by atoms with E-state index in [0.717, 1.165) is 10.3 Å². The van der Waals surface area contributed by atoms with Gasteiger partial charge >= 0.3 is 0 Å². The molecule has 84 valence electrons. The Labute approximate surface area is 97.7 Å². The zero-order chi connectivity index (χ0) is 11.1. The fourth-order valence-corrected chi connectivity index (χ4v) is 2.14. The minimum Gasteiger partial charge on any atom is -0.374 e. The Morgan fingerprint density at radius 3 is 2.67 bits per heavy atom. The smallest absolute Gasteiger partial charge is 0.155 e. The van der Waals surface area contributed by atoms with E-state index in [9.17, 15) is 0 Å². The highest BCUT2D eigenvalue weighted by molar-refractivity contribution is 9.10. The molecule has 0 radical (unpaired) electrons. The van der Waals surface area contributed by atoms with Gasteiger partial charge in [-0.3, -0.25) is 4.68 Å². The quantitative estimate of drug-likeness (QED) is 0.847. The summed E-state index contributed by atoms with van der Waals surface area (Å²) in [7, 11) is 1.72. The lowest BCUT2D eigenvalue weighted by atomic mass is 9.97. The number of methoxy groups -OCH3 is 1. The van der Waals surface area contributed by atoms with Crippen molar-refractivity contribution in [1.29, 1.82) is 0 Å². The molecule has 1 aromatic heterocycles. The van der Waals surface area contributed by atoms with Crippen molar-refractivity contribution in [2.45, 2.75) is 25.5 Å². The van der Waals surface area contributed by atoms with Gasteiger partial charge in [0.25, 0.3) is 0 Å². The second-order valence-corrected chi connectivity index (χ2v) is 4.89. The van der Waals surface area contributed by atoms with Crippen LogP contribution >= 0.6 is 15.9 Å². The summed E-state index contributed by atoms with van der Waals surface area (Å²) in [5, 5.41) is 4.40. The van der Waals surface area contributed by atoms with Crippen LogP contribution in [0.2, 0.25) is 0 Å². The number of halogens is 1. The van der Waals surface area contributed by atoms with Crippen LogP contribution in [0.3, 0.4) is 0 Å². The Morgan fingerprint density at radius 1 is 1.60 bits per heavy atom. The highest BCUT2D eigenvalue weighted by atomic mass is 79.9. The van der Waals surface area contributed by atoms with Gasteiger partial charge in [0.1, 0.15) is 4.60 Å². The summed E-state index contributed by atoms with van der Waals surface area (Å²) in [4.78, 5) is 0. The van der Waals surface area contributed by atoms with Crippen molar-refractivity contribution in [3.05, 3.63) is 16.4 Å². The number of hydrogen-bond donors (Lipinski definition) is 0. The van der Waals surface area contributed by atoms with Crippen LogP contribution in [-0.4, -0.2) is 30.1 Å². The van der Waals surface area contributed by atoms with Crippen molar-refractivity contribution in [1.82, 2.24) is 9.78 Å². The van der Waals surface area contributed by atoms with Gasteiger partial charge < -0.3 is 9.47 Å². The van der Waals surface area contributed by atoms with E-state index in [4.69, 9.17) is 9.47 Å². The molecule has 1 aliphatic rings. The molecule has 2 rings (SSSR count). The van der Waals surface area contributed by atoms with Crippen LogP contribution in [-0.2, 0) is 15.1 Å². The molecule has 2 heterocycles. The molecular weight excluding hydrogens is 260 g/mol. The molecule has 1 aliphatic heterocycles. The van der Waals surface area contributed by atoms with E-state index in [1.807, 2.05) is 10.7 Å². The first-order valence-corrected chi connectivity index (χ1v) is 5.77. The van der Waals surface area contributed by atoms with Crippen LogP contribution in [0, 0.1) is 0 Å². The first-order chi connectivity index (χ1) is 7.09. The second-order valence-electron chi connectivity index (χ2n) is 4.08. The molecule has 0 aromatic carbocycles. The fourth-order valence-electron chi connectivity index (χ4n) is 1.76. The minimum absolute atomic E-state index is 0.302. The van der Waals surface area contributed by atoms with Crippen LogP contribution in [0.4, 0.5) is 0 Å². The summed E-state index contributed by atoms with van der Waals surface area (Å²) in [6, 6.07) is 2.32. The first-order valence-electron chi connectivity index (χ1n) is 4.97. The van der Waals surface area contributed by atoms with Crippen LogP contribution in [0.15, 0.2) is 10.7 Å². The summed E-state index contributed by atoms with van der Waals surface area (Å²) in [6.45, 7) is 5.42. The van der Waals surface area contributed by atoms with Gasteiger partial charge in [0, 0.05) is 13.2 Å². The van der Waals surface area contributed by atoms with Gasteiger partial charge in [0.15, 0.2) is 5.60 Å². The molecule has 1 saturated heterocycles. The highest BCUT2D eigenvalue weighted by Gasteiger charge is 2.44. The van der Waals surface area contributed by atoms with E-state index in [1.165, 1.54) is 0 Å². The van der Waals surface area contributed by atoms with Gasteiger partial charge in [-0.1, -0.05) is 0 Å². The number of rotatable bonds is 3. The van der Waals surface area contributed by atoms with E-state index in [-0.39, 0.29) is 5.60 Å². The fraction of sp³-hybridized carbons (Fsp3) is 0.700. The average Bonchev–Trinajstić information content (AvgIpc) is 2.47. The normalized spacial score (nSPS) is 19.3. The average molecular weight is 275 g/mol. The third kappa shape index (κ3) is 1.73. The SMILES string of the molecule is COC1(c2cc(Br)nn2C(C)C)COC1. The number of hydrogen-bond acceptors (Lipinski definition) is 3. The maximum absolute atomic E-state index is 5.56. The molecule has 0 bridgehead atoms. The van der Waals surface area contributed by atoms with Crippen molar-refractivity contribution in [3.8, 4) is 0 Å². The molecule has 0 unspecified atom stereocenters. The largest absolute Gasteiger partial charge is 0.374 e. The van der Waals surface area contributed by atoms with Gasteiger partial charge in [-0.15, -0.1) is 0 Å². The van der Waals surface area contributed by atoms with E-state index in [2.05, 4.69) is 34.9 Å². The number of nitrogens with zero attached hydrogens (tertiary/aromatic N) is 2. The summed E-state index contributed by atoms with van der Waals surface area (Å²) >= 11 is 3.40. The maximum atomic E-state index is 5.56. The van der Waals surface area contributed by atoms with E-state index in [0.29, 0.717) is 19.3 Å². The lowest BCUT2D eigenvalue weighted by Crippen LogP contribution is -2.49. The number of ether oxygens (including phenoxy) is 2. The van der Waals surface area contributed by atoms with Gasteiger partial charge in [0.2, 0.25) is 0 Å². The monoisotopic (exact) mass is 274 g/mol. The van der Waals surface area contributed by atoms with Crippen LogP contribution in [0.5, 0.6) is 0 Å². The minimum atomic E-state index is -0.302. The molecule has 4 nitrogen and oxygen atoms in total. The Balaban J connectivity index is 2.41. The summed E-state index contributed by atoms with van der Waals surface area (Å²) in [5.74, 6) is 0. The van der Waals surface area contributed by atoms with Gasteiger partial charge in [0.05, 0.1) is 18.9 Å². The predicted octanol–water partition coefficient (Wildman–Crippen LogP) is 2.10. The predicted molar refractivity (Wildman–Crippen MR) is 59.8 cm³/mol. The maximum Gasteiger partial charge on any atom is 0.155 e. The first kappa shape index (κ1) is 11.1. The van der Waals surface area contributed by atoms with Gasteiger partial charge in [-0.25, -0.2) is 0 Å². The topological polar surface area (TPSA) is 36.3 Å². The standard InChI is InChI=1S/C10H15BrN2O2/c1-7(2)13-8(4-9(11)12-13)10(14-3)5-15-6-10/h4,7H,5-6H2,1-3H3. The van der Waals surface area contributed by atoms with Crippen molar-refractivity contribution in [2.75, 3.05) is 20.3 Å². The van der Waals surface area contributed by atoms with Crippen molar-refractivity contribution in [3.63, 3.8) is 0 Å². The highest BCUT2D eigenvalue weighted by Crippen LogP contribution is 2.35. The molecule has 1 fully saturated rings. The van der Waals surface area contributed by atoms with Crippen molar-refractivity contribution >= 4 is 15.9 Å².